The molecule has 0 aliphatic heterocycles. The molecule has 1 heterocycles. The average Bonchev–Trinajstić information content (AvgIpc) is 2.26. The summed E-state index contributed by atoms with van der Waals surface area (Å²) < 4.78 is 22.1. The molecule has 0 saturated carbocycles. The quantitative estimate of drug-likeness (QED) is 0.762. The van der Waals surface area contributed by atoms with Gasteiger partial charge in [-0.2, -0.15) is 0 Å². The SMILES string of the molecule is CNc1cncc(C(=O)NC(C)CS(C)(=O)=O)n1. The van der Waals surface area contributed by atoms with Crippen LogP contribution in [-0.4, -0.2) is 49.4 Å². The first-order valence-corrected chi connectivity index (χ1v) is 7.36. The molecule has 0 saturated heterocycles. The predicted octanol–water partition coefficient (Wildman–Crippen LogP) is -0.319. The fraction of sp³-hybridized carbons (Fsp3) is 0.500. The van der Waals surface area contributed by atoms with Gasteiger partial charge >= 0.3 is 0 Å². The highest BCUT2D eigenvalue weighted by Gasteiger charge is 2.15. The van der Waals surface area contributed by atoms with E-state index < -0.39 is 21.8 Å². The van der Waals surface area contributed by atoms with Crippen molar-refractivity contribution in [3.63, 3.8) is 0 Å². The summed E-state index contributed by atoms with van der Waals surface area (Å²) >= 11 is 0. The Hall–Kier alpha value is -1.70. The molecule has 1 amide bonds. The second kappa shape index (κ2) is 5.76. The van der Waals surface area contributed by atoms with E-state index in [2.05, 4.69) is 20.6 Å². The van der Waals surface area contributed by atoms with Gasteiger partial charge in [0.05, 0.1) is 18.1 Å². The van der Waals surface area contributed by atoms with Gasteiger partial charge in [0.15, 0.2) is 0 Å². The van der Waals surface area contributed by atoms with Gasteiger partial charge in [0.1, 0.15) is 21.3 Å². The van der Waals surface area contributed by atoms with Gasteiger partial charge in [0, 0.05) is 19.3 Å². The van der Waals surface area contributed by atoms with Crippen molar-refractivity contribution in [3.05, 3.63) is 18.1 Å². The molecule has 1 unspecified atom stereocenters. The van der Waals surface area contributed by atoms with Crippen LogP contribution in [0.25, 0.3) is 0 Å². The zero-order valence-corrected chi connectivity index (χ0v) is 11.3. The van der Waals surface area contributed by atoms with E-state index in [1.54, 1.807) is 14.0 Å². The van der Waals surface area contributed by atoms with Crippen LogP contribution in [0.1, 0.15) is 17.4 Å². The number of nitrogens with one attached hydrogen (secondary N) is 2. The second-order valence-corrected chi connectivity index (χ2v) is 6.19. The van der Waals surface area contributed by atoms with E-state index in [9.17, 15) is 13.2 Å². The monoisotopic (exact) mass is 272 g/mol. The molecule has 100 valence electrons. The van der Waals surface area contributed by atoms with E-state index in [0.29, 0.717) is 5.82 Å². The van der Waals surface area contributed by atoms with Crippen molar-refractivity contribution in [2.45, 2.75) is 13.0 Å². The molecule has 1 rings (SSSR count). The van der Waals surface area contributed by atoms with Gasteiger partial charge in [0.2, 0.25) is 0 Å². The van der Waals surface area contributed by atoms with Crippen LogP contribution in [-0.2, 0) is 9.84 Å². The Bertz CT molecular complexity index is 530. The molecule has 18 heavy (non-hydrogen) atoms. The third-order valence-electron chi connectivity index (χ3n) is 2.05. The Morgan fingerprint density at radius 1 is 1.44 bits per heavy atom. The Balaban J connectivity index is 2.70. The van der Waals surface area contributed by atoms with Crippen molar-refractivity contribution in [1.29, 1.82) is 0 Å². The summed E-state index contributed by atoms with van der Waals surface area (Å²) in [5.41, 5.74) is 0.141. The maximum absolute atomic E-state index is 11.8. The van der Waals surface area contributed by atoms with Crippen molar-refractivity contribution >= 4 is 21.6 Å². The van der Waals surface area contributed by atoms with Gasteiger partial charge in [-0.25, -0.2) is 13.4 Å². The first-order chi connectivity index (χ1) is 8.31. The number of rotatable bonds is 5. The minimum atomic E-state index is -3.13. The van der Waals surface area contributed by atoms with E-state index in [1.165, 1.54) is 12.4 Å². The highest BCUT2D eigenvalue weighted by atomic mass is 32.2. The minimum Gasteiger partial charge on any atom is -0.372 e. The minimum absolute atomic E-state index is 0.113. The molecule has 0 aliphatic rings. The topological polar surface area (TPSA) is 101 Å². The number of hydrogen-bond donors (Lipinski definition) is 2. The van der Waals surface area contributed by atoms with Gasteiger partial charge in [-0.15, -0.1) is 0 Å². The van der Waals surface area contributed by atoms with Crippen molar-refractivity contribution < 1.29 is 13.2 Å². The molecule has 1 aromatic rings. The van der Waals surface area contributed by atoms with Gasteiger partial charge in [-0.1, -0.05) is 0 Å². The molecule has 0 aromatic carbocycles. The molecule has 0 bridgehead atoms. The van der Waals surface area contributed by atoms with E-state index in [0.717, 1.165) is 6.26 Å². The normalized spacial score (nSPS) is 12.8. The van der Waals surface area contributed by atoms with E-state index in [-0.39, 0.29) is 11.4 Å². The summed E-state index contributed by atoms with van der Waals surface area (Å²) in [5, 5.41) is 5.32. The Kier molecular flexibility index (Phi) is 4.60. The number of aromatic nitrogens is 2. The van der Waals surface area contributed by atoms with E-state index in [4.69, 9.17) is 0 Å². The first kappa shape index (κ1) is 14.4. The molecule has 1 aromatic heterocycles. The lowest BCUT2D eigenvalue weighted by molar-refractivity contribution is 0.0938. The fourth-order valence-corrected chi connectivity index (χ4v) is 2.38. The van der Waals surface area contributed by atoms with Crippen LogP contribution in [0.2, 0.25) is 0 Å². The Labute approximate surface area is 106 Å². The lowest BCUT2D eigenvalue weighted by atomic mass is 10.3. The number of hydrogen-bond acceptors (Lipinski definition) is 6. The van der Waals surface area contributed by atoms with Crippen molar-refractivity contribution in [2.24, 2.45) is 0 Å². The van der Waals surface area contributed by atoms with Gasteiger partial charge in [-0.3, -0.25) is 9.78 Å². The third kappa shape index (κ3) is 4.66. The smallest absolute Gasteiger partial charge is 0.271 e. The van der Waals surface area contributed by atoms with Crippen LogP contribution in [0.3, 0.4) is 0 Å². The fourth-order valence-electron chi connectivity index (χ4n) is 1.39. The molecule has 0 aliphatic carbocycles. The van der Waals surface area contributed by atoms with Crippen LogP contribution >= 0.6 is 0 Å². The molecular weight excluding hydrogens is 256 g/mol. The van der Waals surface area contributed by atoms with Crippen molar-refractivity contribution in [1.82, 2.24) is 15.3 Å². The van der Waals surface area contributed by atoms with Gasteiger partial charge in [0.25, 0.3) is 5.91 Å². The van der Waals surface area contributed by atoms with Gasteiger partial charge < -0.3 is 10.6 Å². The summed E-state index contributed by atoms with van der Waals surface area (Å²) in [6.45, 7) is 1.62. The summed E-state index contributed by atoms with van der Waals surface area (Å²) in [4.78, 5) is 19.6. The molecular formula is C10H16N4O3S. The van der Waals surface area contributed by atoms with Crippen LogP contribution in [0.4, 0.5) is 5.82 Å². The lowest BCUT2D eigenvalue weighted by Gasteiger charge is -2.12. The van der Waals surface area contributed by atoms with Crippen molar-refractivity contribution in [2.75, 3.05) is 24.4 Å². The number of carbonyl (C=O) groups is 1. The van der Waals surface area contributed by atoms with Crippen LogP contribution in [0, 0.1) is 0 Å². The zero-order valence-electron chi connectivity index (χ0n) is 10.5. The molecule has 0 radical (unpaired) electrons. The van der Waals surface area contributed by atoms with Crippen LogP contribution in [0.5, 0.6) is 0 Å². The summed E-state index contributed by atoms with van der Waals surface area (Å²) in [7, 11) is -1.46. The summed E-state index contributed by atoms with van der Waals surface area (Å²) in [6, 6.07) is -0.479. The van der Waals surface area contributed by atoms with Gasteiger partial charge in [-0.05, 0) is 6.92 Å². The molecule has 2 N–H and O–H groups in total. The highest BCUT2D eigenvalue weighted by molar-refractivity contribution is 7.90. The first-order valence-electron chi connectivity index (χ1n) is 5.30. The number of nitrogens with zero attached hydrogens (tertiary/aromatic N) is 2. The van der Waals surface area contributed by atoms with Crippen molar-refractivity contribution in [3.8, 4) is 0 Å². The number of amides is 1. The van der Waals surface area contributed by atoms with Crippen LogP contribution in [0.15, 0.2) is 12.4 Å². The number of carbonyl (C=O) groups excluding carboxylic acids is 1. The molecule has 0 fully saturated rings. The van der Waals surface area contributed by atoms with E-state index in [1.807, 2.05) is 0 Å². The molecule has 0 spiro atoms. The predicted molar refractivity (Wildman–Crippen MR) is 68.2 cm³/mol. The molecule has 1 atom stereocenters. The maximum Gasteiger partial charge on any atom is 0.271 e. The lowest BCUT2D eigenvalue weighted by Crippen LogP contribution is -2.37. The summed E-state index contributed by atoms with van der Waals surface area (Å²) in [5.74, 6) is -0.0908. The highest BCUT2D eigenvalue weighted by Crippen LogP contribution is 2.01. The van der Waals surface area contributed by atoms with E-state index >= 15 is 0 Å². The molecule has 8 heteroatoms. The Morgan fingerprint density at radius 3 is 2.67 bits per heavy atom. The Morgan fingerprint density at radius 2 is 2.11 bits per heavy atom. The number of sulfone groups is 1. The standard InChI is InChI=1S/C10H16N4O3S/c1-7(6-18(3,16)17)13-10(15)8-4-12-5-9(11-2)14-8/h4-5,7H,6H2,1-3H3,(H,11,14)(H,13,15). The summed E-state index contributed by atoms with van der Waals surface area (Å²) in [6.07, 6.45) is 3.93. The largest absolute Gasteiger partial charge is 0.372 e. The average molecular weight is 272 g/mol. The molecule has 7 nitrogen and oxygen atoms in total. The zero-order chi connectivity index (χ0) is 13.8. The maximum atomic E-state index is 11.8. The second-order valence-electron chi connectivity index (χ2n) is 4.01. The number of anilines is 1. The third-order valence-corrected chi connectivity index (χ3v) is 3.16. The van der Waals surface area contributed by atoms with Crippen LogP contribution < -0.4 is 10.6 Å².